The molecule has 4 saturated heterocycles. The van der Waals surface area contributed by atoms with E-state index < -0.39 is 27.9 Å². The van der Waals surface area contributed by atoms with E-state index in [2.05, 4.69) is 118 Å². The van der Waals surface area contributed by atoms with Crippen LogP contribution < -0.4 is 23.7 Å². The molecule has 4 aliphatic rings. The molecule has 26 nitrogen and oxygen atoms in total. The van der Waals surface area contributed by atoms with Gasteiger partial charge in [0.25, 0.3) is 0 Å². The van der Waals surface area contributed by atoms with Gasteiger partial charge in [-0.1, -0.05) is 26.0 Å². The van der Waals surface area contributed by atoms with Crippen molar-refractivity contribution in [3.63, 3.8) is 0 Å². The first kappa shape index (κ1) is 104. The van der Waals surface area contributed by atoms with Crippen LogP contribution in [0.2, 0.25) is 0 Å². The van der Waals surface area contributed by atoms with Crippen LogP contribution in [-0.2, 0) is 57.0 Å². The molecule has 0 N–H and O–H groups in total. The Hall–Kier alpha value is -10.8. The van der Waals surface area contributed by atoms with Gasteiger partial charge in [-0.15, -0.1) is 56.7 Å². The molecule has 0 radical (unpaired) electrons. The largest absolute Gasteiger partial charge is 0.497 e. The summed E-state index contributed by atoms with van der Waals surface area (Å²) in [4.78, 5) is 79.2. The molecule has 1 unspecified atom stereocenters. The number of piperazine rings is 1. The number of benzene rings is 2. The first-order chi connectivity index (χ1) is 67.4. The number of morpholine rings is 1. The number of fused-ring (bicyclic) bond motifs is 5. The van der Waals surface area contributed by atoms with Gasteiger partial charge in [-0.3, -0.25) is 29.0 Å². The number of sulfonamides is 1. The van der Waals surface area contributed by atoms with Gasteiger partial charge in [-0.05, 0) is 194 Å². The number of carbonyl (C=O) groups excluding carboxylic acids is 4. The van der Waals surface area contributed by atoms with E-state index in [1.54, 1.807) is 123 Å². The van der Waals surface area contributed by atoms with E-state index in [9.17, 15) is 45.2 Å². The van der Waals surface area contributed by atoms with Crippen molar-refractivity contribution in [2.24, 2.45) is 11.8 Å². The molecule has 0 saturated carbocycles. The molecule has 4 aliphatic heterocycles. The van der Waals surface area contributed by atoms with Gasteiger partial charge in [-0.25, -0.2) is 27.8 Å². The minimum absolute atomic E-state index is 0.00861. The topological polar surface area (TPSA) is 253 Å². The average Bonchev–Trinajstić information content (AvgIpc) is 1.61. The molecule has 0 bridgehead atoms. The van der Waals surface area contributed by atoms with Crippen LogP contribution in [0, 0.1) is 52.3 Å². The fourth-order valence-electron chi connectivity index (χ4n) is 18.1. The normalized spacial score (nSPS) is 15.1. The summed E-state index contributed by atoms with van der Waals surface area (Å²) in [6.07, 6.45) is 5.92. The number of methoxy groups -OCH3 is 5. The zero-order valence-electron chi connectivity index (χ0n) is 81.2. The fraction of sp³-hybridized carbons (Fsp3) is 0.413. The molecule has 2 aromatic carbocycles. The van der Waals surface area contributed by atoms with Gasteiger partial charge >= 0.3 is 6.18 Å². The van der Waals surface area contributed by atoms with Gasteiger partial charge in [0.15, 0.2) is 0 Å². The van der Waals surface area contributed by atoms with Crippen LogP contribution in [0.3, 0.4) is 0 Å². The summed E-state index contributed by atoms with van der Waals surface area (Å²) in [5.74, 6) is 1.17. The second kappa shape index (κ2) is 46.9. The van der Waals surface area contributed by atoms with Crippen molar-refractivity contribution in [3.8, 4) is 29.1 Å². The highest BCUT2D eigenvalue weighted by molar-refractivity contribution is 7.88. The van der Waals surface area contributed by atoms with E-state index in [1.807, 2.05) is 37.3 Å². The summed E-state index contributed by atoms with van der Waals surface area (Å²) in [7, 11) is 4.53. The molecule has 1 atom stereocenters. The molecule has 13 aromatic heterocycles. The molecular weight excluding hydrogens is 1910 g/mol. The molecule has 0 aliphatic carbocycles. The Morgan fingerprint density at radius 2 is 0.793 bits per heavy atom. The number of thiophene rings is 5. The van der Waals surface area contributed by atoms with Crippen molar-refractivity contribution < 1.29 is 83.1 Å². The maximum Gasteiger partial charge on any atom is 0.400 e. The van der Waals surface area contributed by atoms with Crippen LogP contribution in [0.1, 0.15) is 145 Å². The monoisotopic (exact) mass is 2030 g/mol. The molecule has 0 spiro atoms. The van der Waals surface area contributed by atoms with Crippen molar-refractivity contribution >= 4 is 141 Å². The molecule has 17 heterocycles. The Morgan fingerprint density at radius 3 is 1.16 bits per heavy atom. The molecule has 140 heavy (non-hydrogen) atoms. The van der Waals surface area contributed by atoms with E-state index in [0.29, 0.717) is 85.4 Å². The summed E-state index contributed by atoms with van der Waals surface area (Å²) in [6, 6.07) is 40.9. The van der Waals surface area contributed by atoms with E-state index in [0.717, 1.165) is 220 Å². The number of ketones is 4. The molecule has 4 fully saturated rings. The van der Waals surface area contributed by atoms with Crippen LogP contribution in [0.15, 0.2) is 158 Å². The van der Waals surface area contributed by atoms with Crippen molar-refractivity contribution in [1.82, 2.24) is 56.8 Å². The average molecular weight is 2030 g/mol. The third-order valence-corrected chi connectivity index (χ3v) is 33.4. The summed E-state index contributed by atoms with van der Waals surface area (Å²) < 4.78 is 134. The fourth-order valence-corrected chi connectivity index (χ4v) is 25.0. The number of alkyl halides is 3. The van der Waals surface area contributed by atoms with E-state index in [-0.39, 0.29) is 34.3 Å². The van der Waals surface area contributed by atoms with Crippen LogP contribution in [0.25, 0.3) is 51.1 Å². The highest BCUT2D eigenvalue weighted by Crippen LogP contribution is 2.46. The second-order valence-electron chi connectivity index (χ2n) is 35.3. The van der Waals surface area contributed by atoms with Gasteiger partial charge < -0.3 is 65.6 Å². The molecule has 36 heteroatoms. The van der Waals surface area contributed by atoms with Crippen LogP contribution in [0.4, 0.5) is 17.6 Å². The number of aryl methyl sites for hydroxylation is 5. The quantitative estimate of drug-likeness (QED) is 0.0289. The SMILES string of the molecule is CCN(CC)CCn1c(C)cc2cc(C(=O)c3ccc(OC)nc3)sc21.COc1ccc(C(=O)c2cc3cc(C)n(CC4CCOCC4)c3s2)c(F)c1.COc1ccc(C(=O)c2cc3cc(C)n(CC4CCOCC4)c3s2)cn1.COc1ccc(C(=O)c2cc3cc(C)n(CCN4CCN(S(C)(=O)=O)CC4)c3s2)cn1.COc1ccc(C(c2cc3cc(C)n(CCN4CCOCC4)c3s2)C(F)(F)F)cc1. The third-order valence-electron chi connectivity index (χ3n) is 26.2. The minimum Gasteiger partial charge on any atom is -0.497 e. The Kier molecular flexibility index (Phi) is 34.7. The standard InChI is InChI=1S/C22H25F3N2O2S.C21H22FNO3S.C21H26N4O4S2.C20H25N3O2S.C20H22N2O3S/c1-15-13-17-14-19(20(22(23,24)25)16-3-5-18(28-2)6-4-16)30-21(17)27(15)8-7-26-9-11-29-12-10-26;1-13-9-15-10-19(20(24)17-4-3-16(25-2)11-18(17)22)27-21(15)23(13)12-14-5-7-26-8-6-14;1-15-12-17-13-18(20(26)16-4-5-19(29-2)22-14-16)30-21(17)25(15)11-8-23-6-9-24(10-7-23)31(3,27)28;1-5-22(6-2)9-10-23-14(3)11-16-12-17(26-20(16)23)19(24)15-7-8-18(25-4)21-13-15;1-13-9-16-10-17(19(23)15-3-4-18(24-2)21-11-15)26-20(16)22(13)12-14-5-7-25-8-6-14/h3-6,13-14,20H,7-12H2,1-2H3;3-4,9-11,14H,5-8,12H2,1-2H3;4-5,12-14H,6-11H2,1-3H3;7-8,11-13H,5-6,9-10H2,1-4H3;3-4,9-11,14H,5-8,12H2,1-2H3. The van der Waals surface area contributed by atoms with Crippen LogP contribution >= 0.6 is 56.7 Å². The summed E-state index contributed by atoms with van der Waals surface area (Å²) in [6.45, 7) is 33.2. The first-order valence-corrected chi connectivity index (χ1v) is 52.9. The van der Waals surface area contributed by atoms with Gasteiger partial charge in [0.2, 0.25) is 50.8 Å². The zero-order valence-corrected chi connectivity index (χ0v) is 86.1. The number of aromatic nitrogens is 8. The number of hydrogen-bond acceptors (Lipinski definition) is 25. The van der Waals surface area contributed by atoms with Crippen molar-refractivity contribution in [2.45, 2.75) is 119 Å². The number of hydrogen-bond donors (Lipinski definition) is 0. The number of rotatable bonds is 31. The minimum atomic E-state index is -4.37. The Morgan fingerprint density at radius 1 is 0.429 bits per heavy atom. The van der Waals surface area contributed by atoms with Gasteiger partial charge in [0, 0.05) is 238 Å². The Labute approximate surface area is 832 Å². The van der Waals surface area contributed by atoms with Crippen molar-refractivity contribution in [2.75, 3.05) is 153 Å². The third kappa shape index (κ3) is 24.9. The highest BCUT2D eigenvalue weighted by atomic mass is 32.2. The summed E-state index contributed by atoms with van der Waals surface area (Å²) >= 11 is 7.30. The smallest absolute Gasteiger partial charge is 0.400 e. The number of ether oxygens (including phenoxy) is 8. The lowest BCUT2D eigenvalue weighted by molar-refractivity contribution is -0.140. The maximum atomic E-state index is 14.3. The number of likely N-dealkylation sites (N-methyl/N-ethyl adjacent to an activating group) is 1. The number of pyridine rings is 3. The van der Waals surface area contributed by atoms with Gasteiger partial charge in [0.05, 0.1) is 80.1 Å². The molecule has 0 amide bonds. The number of carbonyl (C=O) groups is 4. The molecule has 15 aromatic rings. The lowest BCUT2D eigenvalue weighted by atomic mass is 9.96. The van der Waals surface area contributed by atoms with Crippen LogP contribution in [0.5, 0.6) is 29.1 Å². The van der Waals surface area contributed by atoms with Gasteiger partial charge in [-0.2, -0.15) is 17.5 Å². The van der Waals surface area contributed by atoms with Gasteiger partial charge in [0.1, 0.15) is 47.4 Å². The maximum absolute atomic E-state index is 14.3. The zero-order chi connectivity index (χ0) is 99.2. The highest BCUT2D eigenvalue weighted by Gasteiger charge is 2.43. The second-order valence-corrected chi connectivity index (χ2v) is 42.4. The predicted molar refractivity (Wildman–Crippen MR) is 548 cm³/mol. The van der Waals surface area contributed by atoms with Crippen molar-refractivity contribution in [3.05, 3.63) is 245 Å². The molecule has 19 rings (SSSR count). The van der Waals surface area contributed by atoms with E-state index >= 15 is 0 Å². The summed E-state index contributed by atoms with van der Waals surface area (Å²) in [5.41, 5.74) is 7.92. The number of halogens is 4. The lowest BCUT2D eigenvalue weighted by Gasteiger charge is -2.33. The van der Waals surface area contributed by atoms with E-state index in [1.165, 1.54) is 110 Å². The molecule has 744 valence electrons. The Bertz CT molecular complexity index is 6880. The first-order valence-electron chi connectivity index (χ1n) is 47.0. The van der Waals surface area contributed by atoms with Crippen LogP contribution in [-0.4, -0.2) is 248 Å². The predicted octanol–water partition coefficient (Wildman–Crippen LogP) is 20.1. The Balaban J connectivity index is 0.000000133. The summed E-state index contributed by atoms with van der Waals surface area (Å²) in [5, 5.41) is 5.26. The lowest BCUT2D eigenvalue weighted by Crippen LogP contribution is -2.48. The number of nitrogens with zero attached hydrogens (tertiary/aromatic N) is 12. The van der Waals surface area contributed by atoms with E-state index in [4.69, 9.17) is 37.9 Å². The molecular formula is C104H120F4N12O14S6. The van der Waals surface area contributed by atoms with Crippen molar-refractivity contribution in [1.29, 1.82) is 0 Å².